The molecular formula is C10H13N5. The van der Waals surface area contributed by atoms with E-state index in [-0.39, 0.29) is 0 Å². The summed E-state index contributed by atoms with van der Waals surface area (Å²) in [6, 6.07) is 3.79. The van der Waals surface area contributed by atoms with E-state index >= 15 is 0 Å². The summed E-state index contributed by atoms with van der Waals surface area (Å²) in [7, 11) is 0. The van der Waals surface area contributed by atoms with Crippen LogP contribution < -0.4 is 5.73 Å². The summed E-state index contributed by atoms with van der Waals surface area (Å²) in [6.45, 7) is 3.96. The molecule has 0 spiro atoms. The summed E-state index contributed by atoms with van der Waals surface area (Å²) >= 11 is 0. The summed E-state index contributed by atoms with van der Waals surface area (Å²) in [5.74, 6) is 0.488. The van der Waals surface area contributed by atoms with Crippen LogP contribution in [-0.4, -0.2) is 20.4 Å². The number of aromatic amines is 1. The van der Waals surface area contributed by atoms with E-state index in [0.29, 0.717) is 5.82 Å². The Balaban J connectivity index is 2.55. The van der Waals surface area contributed by atoms with Crippen LogP contribution in [0.5, 0.6) is 0 Å². The SMILES string of the molecule is CCc1nnc(C)cc1-c1cc(N)n[nH]1. The lowest BCUT2D eigenvalue weighted by Crippen LogP contribution is -1.97. The number of hydrogen-bond acceptors (Lipinski definition) is 4. The van der Waals surface area contributed by atoms with Gasteiger partial charge in [-0.15, -0.1) is 0 Å². The Labute approximate surface area is 87.7 Å². The van der Waals surface area contributed by atoms with Crippen LogP contribution >= 0.6 is 0 Å². The van der Waals surface area contributed by atoms with Crippen molar-refractivity contribution in [3.8, 4) is 11.3 Å². The standard InChI is InChI=1S/C10H13N5/c1-3-8-7(4-6(2)12-13-8)9-5-10(11)15-14-9/h4-5H,3H2,1-2H3,(H3,11,14,15). The predicted molar refractivity (Wildman–Crippen MR) is 58.1 cm³/mol. The number of nitrogens with one attached hydrogen (secondary N) is 1. The second kappa shape index (κ2) is 3.68. The maximum Gasteiger partial charge on any atom is 0.145 e. The van der Waals surface area contributed by atoms with Gasteiger partial charge in [0.1, 0.15) is 5.82 Å². The van der Waals surface area contributed by atoms with E-state index in [9.17, 15) is 0 Å². The van der Waals surface area contributed by atoms with Gasteiger partial charge in [-0.05, 0) is 19.4 Å². The highest BCUT2D eigenvalue weighted by Gasteiger charge is 2.08. The molecule has 0 aromatic carbocycles. The fourth-order valence-electron chi connectivity index (χ4n) is 1.48. The third kappa shape index (κ3) is 1.81. The highest BCUT2D eigenvalue weighted by atomic mass is 15.2. The van der Waals surface area contributed by atoms with Gasteiger partial charge < -0.3 is 5.73 Å². The van der Waals surface area contributed by atoms with Crippen molar-refractivity contribution >= 4 is 5.82 Å². The third-order valence-electron chi connectivity index (χ3n) is 2.22. The van der Waals surface area contributed by atoms with Gasteiger partial charge in [-0.2, -0.15) is 15.3 Å². The van der Waals surface area contributed by atoms with Gasteiger partial charge >= 0.3 is 0 Å². The molecule has 0 aliphatic heterocycles. The van der Waals surface area contributed by atoms with E-state index < -0.39 is 0 Å². The summed E-state index contributed by atoms with van der Waals surface area (Å²) in [5.41, 5.74) is 9.31. The molecule has 0 atom stereocenters. The fraction of sp³-hybridized carbons (Fsp3) is 0.300. The van der Waals surface area contributed by atoms with Crippen molar-refractivity contribution in [2.45, 2.75) is 20.3 Å². The van der Waals surface area contributed by atoms with Crippen molar-refractivity contribution in [1.29, 1.82) is 0 Å². The maximum atomic E-state index is 5.57. The quantitative estimate of drug-likeness (QED) is 0.771. The summed E-state index contributed by atoms with van der Waals surface area (Å²) in [6.07, 6.45) is 0.835. The Bertz CT molecular complexity index is 474. The molecule has 0 bridgehead atoms. The highest BCUT2D eigenvalue weighted by Crippen LogP contribution is 2.22. The zero-order chi connectivity index (χ0) is 10.8. The van der Waals surface area contributed by atoms with Gasteiger partial charge in [-0.25, -0.2) is 0 Å². The molecule has 0 unspecified atom stereocenters. The van der Waals surface area contributed by atoms with Gasteiger partial charge in [0.25, 0.3) is 0 Å². The number of aromatic nitrogens is 4. The molecule has 0 fully saturated rings. The van der Waals surface area contributed by atoms with Crippen LogP contribution in [0.15, 0.2) is 12.1 Å². The molecule has 2 rings (SSSR count). The number of hydrogen-bond donors (Lipinski definition) is 2. The number of aryl methyl sites for hydroxylation is 2. The molecule has 2 heterocycles. The molecule has 0 saturated carbocycles. The molecule has 78 valence electrons. The van der Waals surface area contributed by atoms with E-state index in [2.05, 4.69) is 20.4 Å². The minimum Gasteiger partial charge on any atom is -0.382 e. The average molecular weight is 203 g/mol. The van der Waals surface area contributed by atoms with E-state index in [4.69, 9.17) is 5.73 Å². The predicted octanol–water partition coefficient (Wildman–Crippen LogP) is 1.32. The lowest BCUT2D eigenvalue weighted by Gasteiger charge is -2.03. The van der Waals surface area contributed by atoms with Crippen molar-refractivity contribution < 1.29 is 0 Å². The first-order valence-corrected chi connectivity index (χ1v) is 4.85. The molecule has 0 aliphatic rings. The molecule has 5 heteroatoms. The van der Waals surface area contributed by atoms with Crippen molar-refractivity contribution in [3.05, 3.63) is 23.5 Å². The normalized spacial score (nSPS) is 10.5. The zero-order valence-corrected chi connectivity index (χ0v) is 8.78. The first-order valence-electron chi connectivity index (χ1n) is 4.85. The fourth-order valence-corrected chi connectivity index (χ4v) is 1.48. The Morgan fingerprint density at radius 3 is 2.73 bits per heavy atom. The van der Waals surface area contributed by atoms with Gasteiger partial charge in [0.15, 0.2) is 0 Å². The Kier molecular flexibility index (Phi) is 2.37. The monoisotopic (exact) mass is 203 g/mol. The number of nitrogens with zero attached hydrogens (tertiary/aromatic N) is 3. The summed E-state index contributed by atoms with van der Waals surface area (Å²) in [5, 5.41) is 15.0. The van der Waals surface area contributed by atoms with E-state index in [1.165, 1.54) is 0 Å². The topological polar surface area (TPSA) is 80.5 Å². The Morgan fingerprint density at radius 1 is 1.33 bits per heavy atom. The lowest BCUT2D eigenvalue weighted by atomic mass is 10.1. The van der Waals surface area contributed by atoms with Crippen LogP contribution in [0.3, 0.4) is 0 Å². The molecule has 2 aromatic rings. The van der Waals surface area contributed by atoms with Crippen LogP contribution in [0.1, 0.15) is 18.3 Å². The lowest BCUT2D eigenvalue weighted by molar-refractivity contribution is 0.893. The molecule has 0 radical (unpaired) electrons. The molecule has 2 aromatic heterocycles. The largest absolute Gasteiger partial charge is 0.382 e. The first-order chi connectivity index (χ1) is 7.20. The number of H-pyrrole nitrogens is 1. The molecule has 5 nitrogen and oxygen atoms in total. The van der Waals surface area contributed by atoms with Gasteiger partial charge in [0.2, 0.25) is 0 Å². The smallest absolute Gasteiger partial charge is 0.145 e. The van der Waals surface area contributed by atoms with Gasteiger partial charge in [-0.3, -0.25) is 5.10 Å². The van der Waals surface area contributed by atoms with Gasteiger partial charge in [-0.1, -0.05) is 6.92 Å². The molecule has 15 heavy (non-hydrogen) atoms. The second-order valence-corrected chi connectivity index (χ2v) is 3.41. The third-order valence-corrected chi connectivity index (χ3v) is 2.22. The maximum absolute atomic E-state index is 5.57. The molecular weight excluding hydrogens is 190 g/mol. The second-order valence-electron chi connectivity index (χ2n) is 3.41. The van der Waals surface area contributed by atoms with Crippen LogP contribution in [0.2, 0.25) is 0 Å². The zero-order valence-electron chi connectivity index (χ0n) is 8.78. The van der Waals surface area contributed by atoms with Crippen LogP contribution in [0.4, 0.5) is 5.82 Å². The number of nitrogen functional groups attached to an aromatic ring is 1. The number of nitrogens with two attached hydrogens (primary N) is 1. The Morgan fingerprint density at radius 2 is 2.13 bits per heavy atom. The molecule has 0 aliphatic carbocycles. The minimum atomic E-state index is 0.488. The summed E-state index contributed by atoms with van der Waals surface area (Å²) < 4.78 is 0. The summed E-state index contributed by atoms with van der Waals surface area (Å²) in [4.78, 5) is 0. The van der Waals surface area contributed by atoms with Gasteiger partial charge in [0.05, 0.1) is 17.1 Å². The van der Waals surface area contributed by atoms with Crippen LogP contribution in [-0.2, 0) is 6.42 Å². The van der Waals surface area contributed by atoms with E-state index in [1.807, 2.05) is 19.9 Å². The van der Waals surface area contributed by atoms with Gasteiger partial charge in [0, 0.05) is 11.6 Å². The first kappa shape index (κ1) is 9.64. The van der Waals surface area contributed by atoms with Crippen LogP contribution in [0.25, 0.3) is 11.3 Å². The molecule has 0 amide bonds. The van der Waals surface area contributed by atoms with Crippen molar-refractivity contribution in [3.63, 3.8) is 0 Å². The molecule has 3 N–H and O–H groups in total. The van der Waals surface area contributed by atoms with Crippen molar-refractivity contribution in [2.24, 2.45) is 0 Å². The number of rotatable bonds is 2. The van der Waals surface area contributed by atoms with E-state index in [0.717, 1.165) is 29.1 Å². The average Bonchev–Trinajstić information content (AvgIpc) is 2.65. The van der Waals surface area contributed by atoms with Crippen LogP contribution in [0, 0.1) is 6.92 Å². The Hall–Kier alpha value is -1.91. The highest BCUT2D eigenvalue weighted by molar-refractivity contribution is 5.64. The minimum absolute atomic E-state index is 0.488. The number of anilines is 1. The van der Waals surface area contributed by atoms with Crippen molar-refractivity contribution in [2.75, 3.05) is 5.73 Å². The molecule has 0 saturated heterocycles. The van der Waals surface area contributed by atoms with E-state index in [1.54, 1.807) is 6.07 Å². The van der Waals surface area contributed by atoms with Crippen molar-refractivity contribution in [1.82, 2.24) is 20.4 Å².